The highest BCUT2D eigenvalue weighted by atomic mass is 32.2. The quantitative estimate of drug-likeness (QED) is 0.0947. The molecule has 35 heavy (non-hydrogen) atoms. The number of carbonyl (C=O) groups is 4. The number of nitrogens with two attached hydrogens (primary N) is 3. The average molecular weight is 537 g/mol. The van der Waals surface area contributed by atoms with E-state index in [1.807, 2.05) is 12.5 Å². The van der Waals surface area contributed by atoms with E-state index in [0.717, 1.165) is 0 Å². The number of amides is 3. The van der Waals surface area contributed by atoms with E-state index in [-0.39, 0.29) is 6.42 Å². The lowest BCUT2D eigenvalue weighted by molar-refractivity contribution is -0.142. The Morgan fingerprint density at radius 1 is 0.686 bits per heavy atom. The Kier molecular flexibility index (Phi) is 19.7. The molecule has 0 saturated carbocycles. The van der Waals surface area contributed by atoms with Crippen LogP contribution in [0.4, 0.5) is 0 Å². The third-order valence-corrected chi connectivity index (χ3v) is 6.64. The third-order valence-electron chi connectivity index (χ3n) is 5.35. The van der Waals surface area contributed by atoms with Gasteiger partial charge in [0.2, 0.25) is 17.7 Å². The number of nitrogens with one attached hydrogen (secondary N) is 3. The van der Waals surface area contributed by atoms with Gasteiger partial charge in [0.05, 0.1) is 6.04 Å². The summed E-state index contributed by atoms with van der Waals surface area (Å²) < 4.78 is 0. The standard InChI is InChI=1S/C22H44N6O5S2/c1-34-13-9-15(25)19(29)26-16(7-3-5-11-23)20(30)27-17(10-14-35-2)21(31)28-18(22(32)33)8-4-6-12-24/h15-18H,3-14,23-25H2,1-2H3,(H,26,29)(H,27,30)(H,28,31)(H,32,33). The van der Waals surface area contributed by atoms with E-state index in [2.05, 4.69) is 16.0 Å². The van der Waals surface area contributed by atoms with Gasteiger partial charge in [-0.2, -0.15) is 23.5 Å². The molecule has 4 unspecified atom stereocenters. The zero-order valence-electron chi connectivity index (χ0n) is 20.9. The summed E-state index contributed by atoms with van der Waals surface area (Å²) in [6, 6.07) is -3.63. The molecule has 0 rings (SSSR count). The van der Waals surface area contributed by atoms with Gasteiger partial charge in [0.1, 0.15) is 18.1 Å². The Morgan fingerprint density at radius 2 is 1.11 bits per heavy atom. The van der Waals surface area contributed by atoms with Crippen LogP contribution in [0.1, 0.15) is 51.4 Å². The molecule has 0 aromatic rings. The first-order chi connectivity index (χ1) is 16.7. The summed E-state index contributed by atoms with van der Waals surface area (Å²) in [6.45, 7) is 0.889. The minimum atomic E-state index is -1.14. The lowest BCUT2D eigenvalue weighted by Crippen LogP contribution is -2.57. The number of carbonyl (C=O) groups excluding carboxylic acids is 3. The maximum absolute atomic E-state index is 13.1. The van der Waals surface area contributed by atoms with Crippen molar-refractivity contribution >= 4 is 47.2 Å². The normalized spacial score (nSPS) is 14.4. The van der Waals surface area contributed by atoms with Crippen LogP contribution in [0.15, 0.2) is 0 Å². The van der Waals surface area contributed by atoms with E-state index >= 15 is 0 Å². The predicted molar refractivity (Wildman–Crippen MR) is 143 cm³/mol. The fourth-order valence-electron chi connectivity index (χ4n) is 3.22. The van der Waals surface area contributed by atoms with Crippen molar-refractivity contribution < 1.29 is 24.3 Å². The minimum absolute atomic E-state index is 0.243. The van der Waals surface area contributed by atoms with E-state index in [1.54, 1.807) is 11.8 Å². The van der Waals surface area contributed by atoms with Crippen LogP contribution in [-0.2, 0) is 19.2 Å². The van der Waals surface area contributed by atoms with E-state index in [1.165, 1.54) is 11.8 Å². The van der Waals surface area contributed by atoms with Crippen molar-refractivity contribution in [2.45, 2.75) is 75.5 Å². The zero-order valence-corrected chi connectivity index (χ0v) is 22.6. The Bertz CT molecular complexity index is 643. The molecular weight excluding hydrogens is 492 g/mol. The summed E-state index contributed by atoms with van der Waals surface area (Å²) in [5.41, 5.74) is 17.0. The highest BCUT2D eigenvalue weighted by molar-refractivity contribution is 7.98. The maximum Gasteiger partial charge on any atom is 0.326 e. The second-order valence-electron chi connectivity index (χ2n) is 8.26. The van der Waals surface area contributed by atoms with Gasteiger partial charge in [-0.05, 0) is 88.5 Å². The van der Waals surface area contributed by atoms with Gasteiger partial charge in [0, 0.05) is 0 Å². The summed E-state index contributed by atoms with van der Waals surface area (Å²) in [6.07, 6.45) is 7.66. The number of hydrogen-bond acceptors (Lipinski definition) is 9. The molecule has 10 N–H and O–H groups in total. The van der Waals surface area contributed by atoms with Gasteiger partial charge in [-0.15, -0.1) is 0 Å². The van der Waals surface area contributed by atoms with Crippen LogP contribution < -0.4 is 33.2 Å². The molecule has 3 amide bonds. The van der Waals surface area contributed by atoms with Gasteiger partial charge in [0.25, 0.3) is 0 Å². The predicted octanol–water partition coefficient (Wildman–Crippen LogP) is -0.383. The van der Waals surface area contributed by atoms with Gasteiger partial charge in [-0.25, -0.2) is 4.79 Å². The van der Waals surface area contributed by atoms with Crippen LogP contribution >= 0.6 is 23.5 Å². The fourth-order valence-corrected chi connectivity index (χ4v) is 4.18. The summed E-state index contributed by atoms with van der Waals surface area (Å²) in [4.78, 5) is 50.1. The molecule has 0 radical (unpaired) electrons. The SMILES string of the molecule is CSCCC(N)C(=O)NC(CCCCN)C(=O)NC(CCSC)C(=O)NC(CCCCN)C(=O)O. The molecule has 0 fully saturated rings. The Labute approximate surface area is 217 Å². The molecule has 11 nitrogen and oxygen atoms in total. The van der Waals surface area contributed by atoms with E-state index in [9.17, 15) is 24.3 Å². The van der Waals surface area contributed by atoms with Crippen LogP contribution in [0.2, 0.25) is 0 Å². The van der Waals surface area contributed by atoms with Crippen molar-refractivity contribution in [1.29, 1.82) is 0 Å². The number of thioether (sulfide) groups is 2. The smallest absolute Gasteiger partial charge is 0.326 e. The molecule has 0 saturated heterocycles. The second-order valence-corrected chi connectivity index (χ2v) is 10.2. The maximum atomic E-state index is 13.1. The van der Waals surface area contributed by atoms with Crippen molar-refractivity contribution in [3.05, 3.63) is 0 Å². The molecule has 0 spiro atoms. The Hall–Kier alpha value is -1.54. The summed E-state index contributed by atoms with van der Waals surface area (Å²) in [5, 5.41) is 17.4. The number of rotatable bonds is 21. The van der Waals surface area contributed by atoms with Crippen molar-refractivity contribution in [3.63, 3.8) is 0 Å². The van der Waals surface area contributed by atoms with Gasteiger partial charge in [-0.3, -0.25) is 14.4 Å². The number of unbranched alkanes of at least 4 members (excludes halogenated alkanes) is 2. The molecule has 0 heterocycles. The van der Waals surface area contributed by atoms with Gasteiger partial charge >= 0.3 is 5.97 Å². The number of carboxylic acids is 1. The first kappa shape index (κ1) is 33.5. The van der Waals surface area contributed by atoms with Crippen LogP contribution in [0.5, 0.6) is 0 Å². The topological polar surface area (TPSA) is 203 Å². The molecule has 0 aliphatic carbocycles. The number of hydrogen-bond donors (Lipinski definition) is 7. The van der Waals surface area contributed by atoms with Crippen molar-refractivity contribution in [2.75, 3.05) is 37.1 Å². The van der Waals surface area contributed by atoms with E-state index < -0.39 is 47.9 Å². The molecule has 0 bridgehead atoms. The molecule has 204 valence electrons. The van der Waals surface area contributed by atoms with Crippen LogP contribution in [0.25, 0.3) is 0 Å². The van der Waals surface area contributed by atoms with Crippen molar-refractivity contribution in [1.82, 2.24) is 16.0 Å². The minimum Gasteiger partial charge on any atom is -0.480 e. The first-order valence-corrected chi connectivity index (χ1v) is 14.8. The molecule has 0 aromatic carbocycles. The summed E-state index contributed by atoms with van der Waals surface area (Å²) >= 11 is 3.07. The van der Waals surface area contributed by atoms with Crippen molar-refractivity contribution in [3.8, 4) is 0 Å². The first-order valence-electron chi connectivity index (χ1n) is 12.0. The molecular formula is C22H44N6O5S2. The second kappa shape index (κ2) is 20.6. The third kappa shape index (κ3) is 15.2. The number of carboxylic acid groups (broad SMARTS) is 1. The van der Waals surface area contributed by atoms with E-state index in [4.69, 9.17) is 17.2 Å². The molecule has 13 heteroatoms. The number of aliphatic carboxylic acids is 1. The van der Waals surface area contributed by atoms with Crippen LogP contribution in [0, 0.1) is 0 Å². The van der Waals surface area contributed by atoms with Gasteiger partial charge in [0.15, 0.2) is 0 Å². The molecule has 4 atom stereocenters. The van der Waals surface area contributed by atoms with E-state index in [0.29, 0.717) is 69.5 Å². The largest absolute Gasteiger partial charge is 0.480 e. The lowest BCUT2D eigenvalue weighted by Gasteiger charge is -2.25. The fraction of sp³-hybridized carbons (Fsp3) is 0.818. The van der Waals surface area contributed by atoms with Crippen molar-refractivity contribution in [2.24, 2.45) is 17.2 Å². The van der Waals surface area contributed by atoms with Crippen LogP contribution in [0.3, 0.4) is 0 Å². The lowest BCUT2D eigenvalue weighted by atomic mass is 10.1. The average Bonchev–Trinajstić information content (AvgIpc) is 2.83. The van der Waals surface area contributed by atoms with Crippen LogP contribution in [-0.4, -0.2) is 90.1 Å². The Morgan fingerprint density at radius 3 is 1.60 bits per heavy atom. The Balaban J connectivity index is 5.37. The summed E-state index contributed by atoms with van der Waals surface area (Å²) in [5.74, 6) is -1.36. The summed E-state index contributed by atoms with van der Waals surface area (Å²) in [7, 11) is 0. The van der Waals surface area contributed by atoms with Gasteiger partial charge in [-0.1, -0.05) is 0 Å². The highest BCUT2D eigenvalue weighted by Gasteiger charge is 2.29. The monoisotopic (exact) mass is 536 g/mol. The molecule has 0 aliphatic heterocycles. The van der Waals surface area contributed by atoms with Gasteiger partial charge < -0.3 is 38.3 Å². The molecule has 0 aromatic heterocycles. The zero-order chi connectivity index (χ0) is 26.6. The molecule has 0 aliphatic rings. The highest BCUT2D eigenvalue weighted by Crippen LogP contribution is 2.08.